The molecule has 0 fully saturated rings. The van der Waals surface area contributed by atoms with Crippen molar-refractivity contribution in [1.29, 1.82) is 0 Å². The molecule has 0 aliphatic rings. The fraction of sp³-hybridized carbons (Fsp3) is 0.188. The molecule has 1 aromatic carbocycles. The first-order chi connectivity index (χ1) is 9.84. The monoisotopic (exact) mass is 302 g/mol. The first-order valence-corrected chi connectivity index (χ1v) is 7.79. The van der Waals surface area contributed by atoms with E-state index in [9.17, 15) is 0 Å². The number of benzene rings is 1. The molecule has 0 radical (unpaired) electrons. The summed E-state index contributed by atoms with van der Waals surface area (Å²) in [5.41, 5.74) is 1.30. The Hall–Kier alpha value is -1.42. The number of hydrogen-bond acceptors (Lipinski definition) is 3. The van der Waals surface area contributed by atoms with Gasteiger partial charge in [0.1, 0.15) is 0 Å². The molecule has 0 saturated carbocycles. The minimum atomic E-state index is 0.823. The Bertz CT molecular complexity index is 694. The third-order valence-corrected chi connectivity index (χ3v) is 4.94. The van der Waals surface area contributed by atoms with Gasteiger partial charge < -0.3 is 5.32 Å². The van der Waals surface area contributed by atoms with Gasteiger partial charge in [-0.05, 0) is 36.7 Å². The van der Waals surface area contributed by atoms with Crippen LogP contribution in [0.1, 0.15) is 10.4 Å². The minimum absolute atomic E-state index is 0.823. The number of nitrogens with zero attached hydrogens (tertiary/aromatic N) is 1. The summed E-state index contributed by atoms with van der Waals surface area (Å²) < 4.78 is 1.25. The summed E-state index contributed by atoms with van der Waals surface area (Å²) in [7, 11) is 0. The maximum absolute atomic E-state index is 6.42. The van der Waals surface area contributed by atoms with Gasteiger partial charge in [0.15, 0.2) is 0 Å². The molecule has 0 unspecified atom stereocenters. The van der Waals surface area contributed by atoms with Crippen LogP contribution in [-0.2, 0) is 13.0 Å². The maximum atomic E-state index is 6.42. The molecule has 0 aliphatic carbocycles. The van der Waals surface area contributed by atoms with E-state index in [2.05, 4.69) is 28.5 Å². The number of fused-ring (bicyclic) bond motifs is 1. The Labute approximate surface area is 127 Å². The number of aromatic nitrogens is 1. The van der Waals surface area contributed by atoms with Crippen molar-refractivity contribution in [3.8, 4) is 0 Å². The molecule has 2 aromatic heterocycles. The summed E-state index contributed by atoms with van der Waals surface area (Å²) in [5.74, 6) is 0. The normalized spacial score (nSPS) is 11.1. The number of thiophene rings is 1. The summed E-state index contributed by atoms with van der Waals surface area (Å²) in [6, 6.07) is 12.4. The first kappa shape index (κ1) is 13.6. The highest BCUT2D eigenvalue weighted by molar-refractivity contribution is 7.19. The van der Waals surface area contributed by atoms with Crippen molar-refractivity contribution in [3.63, 3.8) is 0 Å². The molecule has 2 heterocycles. The average Bonchev–Trinajstić information content (AvgIpc) is 2.82. The van der Waals surface area contributed by atoms with Crippen molar-refractivity contribution in [2.75, 3.05) is 6.54 Å². The zero-order valence-corrected chi connectivity index (χ0v) is 12.5. The van der Waals surface area contributed by atoms with E-state index in [-0.39, 0.29) is 0 Å². The molecule has 3 rings (SSSR count). The lowest BCUT2D eigenvalue weighted by Crippen LogP contribution is -2.16. The minimum Gasteiger partial charge on any atom is -0.311 e. The van der Waals surface area contributed by atoms with Crippen LogP contribution in [0.3, 0.4) is 0 Å². The molecule has 0 aliphatic heterocycles. The van der Waals surface area contributed by atoms with E-state index < -0.39 is 0 Å². The standard InChI is InChI=1S/C16H15ClN2S/c17-16-13-3-1-2-4-14(13)20-15(16)11-19-10-7-12-5-8-18-9-6-12/h1-6,8-9,19H,7,10-11H2. The van der Waals surface area contributed by atoms with Gasteiger partial charge in [0, 0.05) is 33.9 Å². The molecule has 0 saturated heterocycles. The highest BCUT2D eigenvalue weighted by Gasteiger charge is 2.08. The van der Waals surface area contributed by atoms with E-state index >= 15 is 0 Å². The molecular formula is C16H15ClN2S. The zero-order chi connectivity index (χ0) is 13.8. The molecule has 0 atom stereocenters. The van der Waals surface area contributed by atoms with Gasteiger partial charge in [-0.3, -0.25) is 4.98 Å². The van der Waals surface area contributed by atoms with Crippen LogP contribution in [0.2, 0.25) is 5.02 Å². The summed E-state index contributed by atoms with van der Waals surface area (Å²) in [4.78, 5) is 5.23. The van der Waals surface area contributed by atoms with Crippen LogP contribution in [0.4, 0.5) is 0 Å². The van der Waals surface area contributed by atoms with Gasteiger partial charge >= 0.3 is 0 Å². The highest BCUT2D eigenvalue weighted by Crippen LogP contribution is 2.34. The molecule has 102 valence electrons. The Balaban J connectivity index is 1.59. The van der Waals surface area contributed by atoms with Gasteiger partial charge in [0.2, 0.25) is 0 Å². The lowest BCUT2D eigenvalue weighted by atomic mass is 10.2. The third kappa shape index (κ3) is 3.01. The van der Waals surface area contributed by atoms with Gasteiger partial charge in [-0.2, -0.15) is 0 Å². The molecule has 0 amide bonds. The summed E-state index contributed by atoms with van der Waals surface area (Å²) in [6.07, 6.45) is 4.67. The summed E-state index contributed by atoms with van der Waals surface area (Å²) in [5, 5.41) is 5.51. The van der Waals surface area contributed by atoms with Crippen molar-refractivity contribution < 1.29 is 0 Å². The largest absolute Gasteiger partial charge is 0.311 e. The van der Waals surface area contributed by atoms with Crippen LogP contribution in [0.5, 0.6) is 0 Å². The molecule has 0 bridgehead atoms. The van der Waals surface area contributed by atoms with Crippen molar-refractivity contribution in [2.45, 2.75) is 13.0 Å². The number of hydrogen-bond donors (Lipinski definition) is 1. The van der Waals surface area contributed by atoms with Gasteiger partial charge in [-0.25, -0.2) is 0 Å². The van der Waals surface area contributed by atoms with Crippen LogP contribution < -0.4 is 5.32 Å². The second kappa shape index (κ2) is 6.35. The number of halogens is 1. The van der Waals surface area contributed by atoms with E-state index in [0.717, 1.165) is 29.9 Å². The molecule has 1 N–H and O–H groups in total. The van der Waals surface area contributed by atoms with Crippen LogP contribution >= 0.6 is 22.9 Å². The third-order valence-electron chi connectivity index (χ3n) is 3.23. The SMILES string of the molecule is Clc1c(CNCCc2ccncc2)sc2ccccc12. The second-order valence-corrected chi connectivity index (χ2v) is 6.13. The van der Waals surface area contributed by atoms with Crippen LogP contribution in [0, 0.1) is 0 Å². The molecule has 2 nitrogen and oxygen atoms in total. The highest BCUT2D eigenvalue weighted by atomic mass is 35.5. The Morgan fingerprint density at radius 3 is 2.70 bits per heavy atom. The van der Waals surface area contributed by atoms with Gasteiger partial charge in [0.05, 0.1) is 5.02 Å². The second-order valence-electron chi connectivity index (χ2n) is 4.62. The van der Waals surface area contributed by atoms with E-state index in [1.54, 1.807) is 11.3 Å². The van der Waals surface area contributed by atoms with Crippen LogP contribution in [0.25, 0.3) is 10.1 Å². The number of nitrogens with one attached hydrogen (secondary N) is 1. The van der Waals surface area contributed by atoms with Crippen LogP contribution in [0.15, 0.2) is 48.8 Å². The van der Waals surface area contributed by atoms with E-state index in [0.29, 0.717) is 0 Å². The van der Waals surface area contributed by atoms with E-state index in [1.807, 2.05) is 30.6 Å². The first-order valence-electron chi connectivity index (χ1n) is 6.60. The smallest absolute Gasteiger partial charge is 0.0636 e. The predicted molar refractivity (Wildman–Crippen MR) is 86.5 cm³/mol. The summed E-state index contributed by atoms with van der Waals surface area (Å²) >= 11 is 8.18. The van der Waals surface area contributed by atoms with Gasteiger partial charge in [-0.15, -0.1) is 11.3 Å². The fourth-order valence-electron chi connectivity index (χ4n) is 2.16. The van der Waals surface area contributed by atoms with Crippen molar-refractivity contribution in [1.82, 2.24) is 10.3 Å². The molecule has 0 spiro atoms. The fourth-order valence-corrected chi connectivity index (χ4v) is 3.63. The van der Waals surface area contributed by atoms with E-state index in [4.69, 9.17) is 11.6 Å². The lowest BCUT2D eigenvalue weighted by Gasteiger charge is -2.03. The topological polar surface area (TPSA) is 24.9 Å². The number of rotatable bonds is 5. The Kier molecular flexibility index (Phi) is 4.31. The van der Waals surface area contributed by atoms with Crippen molar-refractivity contribution in [3.05, 3.63) is 64.3 Å². The van der Waals surface area contributed by atoms with E-state index in [1.165, 1.54) is 15.1 Å². The maximum Gasteiger partial charge on any atom is 0.0636 e. The zero-order valence-electron chi connectivity index (χ0n) is 11.0. The molecular weight excluding hydrogens is 288 g/mol. The lowest BCUT2D eigenvalue weighted by molar-refractivity contribution is 0.693. The Morgan fingerprint density at radius 1 is 1.10 bits per heavy atom. The van der Waals surface area contributed by atoms with Crippen molar-refractivity contribution in [2.24, 2.45) is 0 Å². The predicted octanol–water partition coefficient (Wildman–Crippen LogP) is 4.28. The average molecular weight is 303 g/mol. The quantitative estimate of drug-likeness (QED) is 0.712. The molecule has 4 heteroatoms. The molecule has 20 heavy (non-hydrogen) atoms. The van der Waals surface area contributed by atoms with Gasteiger partial charge in [0.25, 0.3) is 0 Å². The molecule has 3 aromatic rings. The van der Waals surface area contributed by atoms with Gasteiger partial charge in [-0.1, -0.05) is 29.8 Å². The Morgan fingerprint density at radius 2 is 1.90 bits per heavy atom. The van der Waals surface area contributed by atoms with Crippen molar-refractivity contribution >= 4 is 33.0 Å². The van der Waals surface area contributed by atoms with Crippen LogP contribution in [-0.4, -0.2) is 11.5 Å². The number of pyridine rings is 1. The summed E-state index contributed by atoms with van der Waals surface area (Å²) in [6.45, 7) is 1.76.